The predicted octanol–water partition coefficient (Wildman–Crippen LogP) is 4.84. The molecule has 0 fully saturated rings. The lowest BCUT2D eigenvalue weighted by Gasteiger charge is -1.98. The Kier molecular flexibility index (Phi) is 6.89. The molecule has 0 atom stereocenters. The maximum atomic E-state index is 5.11. The summed E-state index contributed by atoms with van der Waals surface area (Å²) in [5.41, 5.74) is 1.20. The molecule has 1 aromatic carbocycles. The van der Waals surface area contributed by atoms with Gasteiger partial charge in [0.25, 0.3) is 0 Å². The zero-order valence-corrected chi connectivity index (χ0v) is 10.9. The molecule has 0 aliphatic heterocycles. The van der Waals surface area contributed by atoms with Crippen molar-refractivity contribution in [3.63, 3.8) is 0 Å². The fourth-order valence-corrected chi connectivity index (χ4v) is 1.57. The van der Waals surface area contributed by atoms with Gasteiger partial charge >= 0.3 is 0 Å². The molecule has 1 nitrogen and oxygen atoms in total. The third-order valence-electron chi connectivity index (χ3n) is 2.63. The van der Waals surface area contributed by atoms with E-state index in [1.54, 1.807) is 7.11 Å². The van der Waals surface area contributed by atoms with Crippen LogP contribution in [0.15, 0.2) is 42.5 Å². The molecule has 1 heteroatoms. The van der Waals surface area contributed by atoms with E-state index in [1.807, 2.05) is 12.1 Å². The van der Waals surface area contributed by atoms with E-state index < -0.39 is 0 Å². The zero-order valence-electron chi connectivity index (χ0n) is 10.9. The zero-order chi connectivity index (χ0) is 12.3. The SMILES string of the molecule is CCCCC/C=C/C=C/c1ccc(OC)cc1. The van der Waals surface area contributed by atoms with Crippen LogP contribution in [0.4, 0.5) is 0 Å². The van der Waals surface area contributed by atoms with Crippen LogP contribution in [0.25, 0.3) is 6.08 Å². The van der Waals surface area contributed by atoms with Crippen LogP contribution in [0.3, 0.4) is 0 Å². The Balaban J connectivity index is 2.32. The van der Waals surface area contributed by atoms with E-state index in [-0.39, 0.29) is 0 Å². The predicted molar refractivity (Wildman–Crippen MR) is 75.3 cm³/mol. The second-order valence-corrected chi connectivity index (χ2v) is 4.06. The molecule has 0 unspecified atom stereocenters. The Morgan fingerprint density at radius 2 is 1.82 bits per heavy atom. The molecule has 0 N–H and O–H groups in total. The van der Waals surface area contributed by atoms with Crippen molar-refractivity contribution in [2.24, 2.45) is 0 Å². The van der Waals surface area contributed by atoms with Crippen LogP contribution in [-0.4, -0.2) is 7.11 Å². The third kappa shape index (κ3) is 5.96. The smallest absolute Gasteiger partial charge is 0.118 e. The minimum atomic E-state index is 0.900. The standard InChI is InChI=1S/C16H22O/c1-3-4-5-6-7-8-9-10-15-11-13-16(17-2)14-12-15/h7-14H,3-6H2,1-2H3/b8-7+,10-9+. The van der Waals surface area contributed by atoms with Gasteiger partial charge in [-0.15, -0.1) is 0 Å². The highest BCUT2D eigenvalue weighted by molar-refractivity contribution is 5.52. The van der Waals surface area contributed by atoms with Crippen LogP contribution in [-0.2, 0) is 0 Å². The molecule has 0 amide bonds. The van der Waals surface area contributed by atoms with Crippen molar-refractivity contribution in [3.8, 4) is 5.75 Å². The highest BCUT2D eigenvalue weighted by atomic mass is 16.5. The van der Waals surface area contributed by atoms with Gasteiger partial charge in [0.1, 0.15) is 5.75 Å². The number of ether oxygens (including phenoxy) is 1. The lowest BCUT2D eigenvalue weighted by atomic mass is 10.2. The molecule has 92 valence electrons. The number of allylic oxidation sites excluding steroid dienone is 3. The summed E-state index contributed by atoms with van der Waals surface area (Å²) in [7, 11) is 1.68. The average molecular weight is 230 g/mol. The number of hydrogen-bond donors (Lipinski definition) is 0. The molecule has 0 aliphatic carbocycles. The van der Waals surface area contributed by atoms with Crippen molar-refractivity contribution in [2.75, 3.05) is 7.11 Å². The molecule has 0 saturated heterocycles. The molecular weight excluding hydrogens is 208 g/mol. The highest BCUT2D eigenvalue weighted by Crippen LogP contribution is 2.12. The van der Waals surface area contributed by atoms with Crippen LogP contribution in [0.1, 0.15) is 38.2 Å². The van der Waals surface area contributed by atoms with Gasteiger partial charge in [0.05, 0.1) is 7.11 Å². The molecule has 0 heterocycles. The van der Waals surface area contributed by atoms with Gasteiger partial charge in [-0.05, 0) is 30.5 Å². The molecule has 1 aromatic rings. The Bertz CT molecular complexity index is 346. The van der Waals surface area contributed by atoms with Gasteiger partial charge in [-0.2, -0.15) is 0 Å². The molecule has 0 radical (unpaired) electrons. The Labute approximate surface area is 105 Å². The lowest BCUT2D eigenvalue weighted by Crippen LogP contribution is -1.81. The Hall–Kier alpha value is -1.50. The number of unbranched alkanes of at least 4 members (excludes halogenated alkanes) is 3. The normalized spacial score (nSPS) is 11.4. The minimum absolute atomic E-state index is 0.900. The maximum absolute atomic E-state index is 5.11. The first-order valence-corrected chi connectivity index (χ1v) is 6.34. The second kappa shape index (κ2) is 8.63. The number of methoxy groups -OCH3 is 1. The molecular formula is C16H22O. The van der Waals surface area contributed by atoms with Crippen molar-refractivity contribution in [1.29, 1.82) is 0 Å². The molecule has 1 rings (SSSR count). The van der Waals surface area contributed by atoms with E-state index >= 15 is 0 Å². The van der Waals surface area contributed by atoms with Crippen molar-refractivity contribution < 1.29 is 4.74 Å². The molecule has 0 aliphatic rings. The third-order valence-corrected chi connectivity index (χ3v) is 2.63. The van der Waals surface area contributed by atoms with E-state index in [0.29, 0.717) is 0 Å². The van der Waals surface area contributed by atoms with E-state index in [4.69, 9.17) is 4.74 Å². The molecule has 0 bridgehead atoms. The average Bonchev–Trinajstić information content (AvgIpc) is 2.38. The van der Waals surface area contributed by atoms with E-state index in [1.165, 1.54) is 31.2 Å². The Morgan fingerprint density at radius 1 is 1.06 bits per heavy atom. The number of benzene rings is 1. The van der Waals surface area contributed by atoms with Gasteiger partial charge in [0.2, 0.25) is 0 Å². The second-order valence-electron chi connectivity index (χ2n) is 4.06. The van der Waals surface area contributed by atoms with Crippen LogP contribution in [0, 0.1) is 0 Å². The largest absolute Gasteiger partial charge is 0.497 e. The summed E-state index contributed by atoms with van der Waals surface area (Å²) in [6.07, 6.45) is 13.6. The number of rotatable bonds is 7. The Morgan fingerprint density at radius 3 is 2.47 bits per heavy atom. The summed E-state index contributed by atoms with van der Waals surface area (Å²) in [4.78, 5) is 0. The van der Waals surface area contributed by atoms with Gasteiger partial charge in [-0.1, -0.05) is 56.2 Å². The number of hydrogen-bond acceptors (Lipinski definition) is 1. The highest BCUT2D eigenvalue weighted by Gasteiger charge is 1.88. The van der Waals surface area contributed by atoms with E-state index in [2.05, 4.69) is 43.4 Å². The molecule has 0 saturated carbocycles. The summed E-state index contributed by atoms with van der Waals surface area (Å²) in [6.45, 7) is 2.23. The summed E-state index contributed by atoms with van der Waals surface area (Å²) in [6, 6.07) is 8.07. The van der Waals surface area contributed by atoms with Gasteiger partial charge in [0, 0.05) is 0 Å². The topological polar surface area (TPSA) is 9.23 Å². The minimum Gasteiger partial charge on any atom is -0.497 e. The van der Waals surface area contributed by atoms with Gasteiger partial charge < -0.3 is 4.74 Å². The van der Waals surface area contributed by atoms with Crippen molar-refractivity contribution in [3.05, 3.63) is 48.1 Å². The van der Waals surface area contributed by atoms with Crippen LogP contribution in [0.2, 0.25) is 0 Å². The van der Waals surface area contributed by atoms with Gasteiger partial charge in [-0.3, -0.25) is 0 Å². The molecule has 0 aromatic heterocycles. The van der Waals surface area contributed by atoms with Gasteiger partial charge in [0.15, 0.2) is 0 Å². The molecule has 17 heavy (non-hydrogen) atoms. The van der Waals surface area contributed by atoms with Crippen LogP contribution >= 0.6 is 0 Å². The fourth-order valence-electron chi connectivity index (χ4n) is 1.57. The van der Waals surface area contributed by atoms with Crippen LogP contribution in [0.5, 0.6) is 5.75 Å². The summed E-state index contributed by atoms with van der Waals surface area (Å²) in [5.74, 6) is 0.900. The summed E-state index contributed by atoms with van der Waals surface area (Å²) < 4.78 is 5.11. The quantitative estimate of drug-likeness (QED) is 0.481. The maximum Gasteiger partial charge on any atom is 0.118 e. The van der Waals surface area contributed by atoms with Crippen molar-refractivity contribution >= 4 is 6.08 Å². The van der Waals surface area contributed by atoms with Crippen LogP contribution < -0.4 is 4.74 Å². The monoisotopic (exact) mass is 230 g/mol. The van der Waals surface area contributed by atoms with Crippen molar-refractivity contribution in [2.45, 2.75) is 32.6 Å². The fraction of sp³-hybridized carbons (Fsp3) is 0.375. The van der Waals surface area contributed by atoms with E-state index in [0.717, 1.165) is 5.75 Å². The molecule has 0 spiro atoms. The summed E-state index contributed by atoms with van der Waals surface area (Å²) >= 11 is 0. The van der Waals surface area contributed by atoms with Crippen molar-refractivity contribution in [1.82, 2.24) is 0 Å². The first kappa shape index (κ1) is 13.6. The lowest BCUT2D eigenvalue weighted by molar-refractivity contribution is 0.415. The van der Waals surface area contributed by atoms with Gasteiger partial charge in [-0.25, -0.2) is 0 Å². The van der Waals surface area contributed by atoms with E-state index in [9.17, 15) is 0 Å². The first-order chi connectivity index (χ1) is 8.36. The summed E-state index contributed by atoms with van der Waals surface area (Å²) in [5, 5.41) is 0. The first-order valence-electron chi connectivity index (χ1n) is 6.34.